The highest BCUT2D eigenvalue weighted by atomic mass is 16.3. The number of likely N-dealkylation sites (N-methyl/N-ethyl adjacent to an activating group) is 1. The summed E-state index contributed by atoms with van der Waals surface area (Å²) in [6, 6.07) is -0.649. The molecule has 1 atom stereocenters. The third-order valence-electron chi connectivity index (χ3n) is 5.17. The molecule has 0 fully saturated rings. The van der Waals surface area contributed by atoms with E-state index in [1.165, 1.54) is 0 Å². The number of nitrogens with zero attached hydrogens (tertiary/aromatic N) is 3. The van der Waals surface area contributed by atoms with E-state index in [9.17, 15) is 9.59 Å². The first kappa shape index (κ1) is 22.4. The second-order valence-electron chi connectivity index (χ2n) is 8.63. The maximum absolute atomic E-state index is 13.1. The van der Waals surface area contributed by atoms with Crippen LogP contribution in [0.4, 0.5) is 0 Å². The van der Waals surface area contributed by atoms with E-state index in [1.807, 2.05) is 27.8 Å². The molecular formula is C20H35N5O3. The molecule has 0 radical (unpaired) electrons. The van der Waals surface area contributed by atoms with Crippen molar-refractivity contribution in [3.63, 3.8) is 0 Å². The van der Waals surface area contributed by atoms with E-state index >= 15 is 0 Å². The number of carbonyl (C=O) groups excluding carboxylic acids is 2. The van der Waals surface area contributed by atoms with Gasteiger partial charge in [-0.05, 0) is 38.3 Å². The van der Waals surface area contributed by atoms with Gasteiger partial charge in [0.15, 0.2) is 5.69 Å². The summed E-state index contributed by atoms with van der Waals surface area (Å²) < 4.78 is 2.15. The van der Waals surface area contributed by atoms with Crippen LogP contribution in [0.2, 0.25) is 0 Å². The summed E-state index contributed by atoms with van der Waals surface area (Å²) in [6.07, 6.45) is 3.26. The molecule has 158 valence electrons. The van der Waals surface area contributed by atoms with Gasteiger partial charge < -0.3 is 25.2 Å². The maximum Gasteiger partial charge on any atom is 0.272 e. The first-order valence-corrected chi connectivity index (χ1v) is 10.1. The molecule has 2 rings (SSSR count). The van der Waals surface area contributed by atoms with Crippen LogP contribution in [0.25, 0.3) is 0 Å². The van der Waals surface area contributed by atoms with Crippen LogP contribution in [0.3, 0.4) is 0 Å². The van der Waals surface area contributed by atoms with Gasteiger partial charge in [-0.1, -0.05) is 20.8 Å². The van der Waals surface area contributed by atoms with Crippen LogP contribution in [-0.4, -0.2) is 64.7 Å². The highest BCUT2D eigenvalue weighted by molar-refractivity contribution is 5.97. The molecule has 1 aliphatic rings. The molecule has 1 aromatic rings. The van der Waals surface area contributed by atoms with E-state index in [1.54, 1.807) is 7.05 Å². The summed E-state index contributed by atoms with van der Waals surface area (Å²) in [5.74, 6) is 0.360. The van der Waals surface area contributed by atoms with E-state index in [0.717, 1.165) is 43.9 Å². The van der Waals surface area contributed by atoms with E-state index in [-0.39, 0.29) is 18.4 Å². The molecule has 0 unspecified atom stereocenters. The molecule has 8 nitrogen and oxygen atoms in total. The van der Waals surface area contributed by atoms with Crippen molar-refractivity contribution in [1.29, 1.82) is 0 Å². The number of carbonyl (C=O) groups is 2. The Morgan fingerprint density at radius 2 is 1.96 bits per heavy atom. The predicted molar refractivity (Wildman–Crippen MR) is 108 cm³/mol. The molecule has 0 bridgehead atoms. The van der Waals surface area contributed by atoms with Crippen LogP contribution >= 0.6 is 0 Å². The smallest absolute Gasteiger partial charge is 0.272 e. The molecule has 0 aromatic carbocycles. The minimum Gasteiger partial charge on any atom is -0.396 e. The summed E-state index contributed by atoms with van der Waals surface area (Å²) >= 11 is 0. The summed E-state index contributed by atoms with van der Waals surface area (Å²) in [6.45, 7) is 8.37. The molecule has 0 spiro atoms. The van der Waals surface area contributed by atoms with Crippen LogP contribution in [0.1, 0.15) is 62.0 Å². The summed E-state index contributed by atoms with van der Waals surface area (Å²) in [7, 11) is 3.61. The number of fused-ring (bicyclic) bond motifs is 1. The number of unbranched alkanes of at least 4 members (excludes halogenated alkanes) is 1. The third kappa shape index (κ3) is 5.32. The van der Waals surface area contributed by atoms with Crippen LogP contribution in [0, 0.1) is 5.41 Å². The largest absolute Gasteiger partial charge is 0.396 e. The highest BCUT2D eigenvalue weighted by Crippen LogP contribution is 2.23. The summed E-state index contributed by atoms with van der Waals surface area (Å²) in [4.78, 5) is 32.3. The van der Waals surface area contributed by atoms with Crippen molar-refractivity contribution in [2.75, 3.05) is 27.2 Å². The molecule has 0 saturated carbocycles. The van der Waals surface area contributed by atoms with Crippen LogP contribution in [0.15, 0.2) is 0 Å². The molecule has 0 aliphatic carbocycles. The van der Waals surface area contributed by atoms with Gasteiger partial charge in [0, 0.05) is 33.2 Å². The molecule has 3 N–H and O–H groups in total. The minimum atomic E-state index is -0.649. The van der Waals surface area contributed by atoms with Crippen molar-refractivity contribution in [1.82, 2.24) is 25.1 Å². The first-order valence-electron chi connectivity index (χ1n) is 10.1. The Kier molecular flexibility index (Phi) is 7.60. The molecule has 1 aliphatic heterocycles. The van der Waals surface area contributed by atoms with E-state index in [0.29, 0.717) is 18.7 Å². The number of amides is 2. The normalized spacial score (nSPS) is 16.2. The second-order valence-corrected chi connectivity index (χ2v) is 8.63. The average Bonchev–Trinajstić information content (AvgIpc) is 2.83. The van der Waals surface area contributed by atoms with Gasteiger partial charge in [0.2, 0.25) is 5.91 Å². The average molecular weight is 394 g/mol. The zero-order chi connectivity index (χ0) is 20.9. The number of aryl methyl sites for hydroxylation is 1. The molecule has 28 heavy (non-hydrogen) atoms. The predicted octanol–water partition coefficient (Wildman–Crippen LogP) is 0.924. The van der Waals surface area contributed by atoms with Crippen LogP contribution < -0.4 is 10.6 Å². The van der Waals surface area contributed by atoms with E-state index in [4.69, 9.17) is 5.11 Å². The van der Waals surface area contributed by atoms with Gasteiger partial charge in [-0.15, -0.1) is 0 Å². The third-order valence-corrected chi connectivity index (χ3v) is 5.17. The van der Waals surface area contributed by atoms with Gasteiger partial charge in [0.1, 0.15) is 11.9 Å². The Balaban J connectivity index is 2.34. The lowest BCUT2D eigenvalue weighted by molar-refractivity contribution is -0.124. The van der Waals surface area contributed by atoms with Crippen molar-refractivity contribution >= 4 is 11.8 Å². The Labute approximate surface area is 167 Å². The molecule has 2 heterocycles. The molecule has 1 aromatic heterocycles. The van der Waals surface area contributed by atoms with Gasteiger partial charge in [0.25, 0.3) is 5.91 Å². The fourth-order valence-electron chi connectivity index (χ4n) is 3.58. The Bertz CT molecular complexity index is 693. The van der Waals surface area contributed by atoms with E-state index in [2.05, 4.69) is 25.1 Å². The van der Waals surface area contributed by atoms with Crippen molar-refractivity contribution in [3.8, 4) is 0 Å². The first-order chi connectivity index (χ1) is 13.2. The minimum absolute atomic E-state index is 0.156. The summed E-state index contributed by atoms with van der Waals surface area (Å²) in [5, 5.41) is 14.6. The van der Waals surface area contributed by atoms with Gasteiger partial charge >= 0.3 is 0 Å². The van der Waals surface area contributed by atoms with Crippen molar-refractivity contribution in [2.45, 2.75) is 65.6 Å². The maximum atomic E-state index is 13.1. The van der Waals surface area contributed by atoms with E-state index < -0.39 is 11.5 Å². The number of nitrogens with one attached hydrogen (secondary N) is 2. The number of imidazole rings is 1. The second kappa shape index (κ2) is 9.52. The van der Waals surface area contributed by atoms with Crippen LogP contribution in [0.5, 0.6) is 0 Å². The number of aromatic nitrogens is 2. The van der Waals surface area contributed by atoms with Crippen molar-refractivity contribution < 1.29 is 14.7 Å². The van der Waals surface area contributed by atoms with Gasteiger partial charge in [-0.3, -0.25) is 9.59 Å². The standard InChI is InChI=1S/C20H35N5O3/c1-20(2,3)17(19(28)21-4)23-18(27)16-14-13-24(5)10-8-11-25(14)15(22-16)9-6-7-12-26/h17,26H,6-13H2,1-5H3,(H,21,28)(H,23,27)/t17-/m1/s1. The summed E-state index contributed by atoms with van der Waals surface area (Å²) in [5.41, 5.74) is 0.889. The number of aliphatic hydroxyl groups excluding tert-OH is 1. The molecule has 0 saturated heterocycles. The lowest BCUT2D eigenvalue weighted by atomic mass is 9.86. The fraction of sp³-hybridized carbons (Fsp3) is 0.750. The number of aliphatic hydroxyl groups is 1. The number of hydrogen-bond acceptors (Lipinski definition) is 5. The molecule has 2 amide bonds. The SMILES string of the molecule is CNC(=O)[C@@H](NC(=O)c1nc(CCCCO)n2c1CN(C)CCC2)C(C)(C)C. The van der Waals surface area contributed by atoms with Crippen molar-refractivity contribution in [3.05, 3.63) is 17.2 Å². The Morgan fingerprint density at radius 3 is 2.57 bits per heavy atom. The lowest BCUT2D eigenvalue weighted by Crippen LogP contribution is -2.53. The van der Waals surface area contributed by atoms with Crippen LogP contribution in [-0.2, 0) is 24.3 Å². The monoisotopic (exact) mass is 393 g/mol. The highest BCUT2D eigenvalue weighted by Gasteiger charge is 2.34. The molecule has 8 heteroatoms. The fourth-order valence-corrected chi connectivity index (χ4v) is 3.58. The quantitative estimate of drug-likeness (QED) is 0.599. The Morgan fingerprint density at radius 1 is 1.25 bits per heavy atom. The zero-order valence-corrected chi connectivity index (χ0v) is 17.8. The van der Waals surface area contributed by atoms with Gasteiger partial charge in [-0.25, -0.2) is 4.98 Å². The van der Waals surface area contributed by atoms with Crippen molar-refractivity contribution in [2.24, 2.45) is 5.41 Å². The molecular weight excluding hydrogens is 358 g/mol. The Hall–Kier alpha value is -1.93. The number of rotatable bonds is 7. The zero-order valence-electron chi connectivity index (χ0n) is 17.8. The lowest BCUT2D eigenvalue weighted by Gasteiger charge is -2.29. The number of hydrogen-bond donors (Lipinski definition) is 3. The van der Waals surface area contributed by atoms with Gasteiger partial charge in [-0.2, -0.15) is 0 Å². The topological polar surface area (TPSA) is 99.5 Å². The van der Waals surface area contributed by atoms with Gasteiger partial charge in [0.05, 0.1) is 5.69 Å².